The second kappa shape index (κ2) is 12.1. The molecule has 4 nitrogen and oxygen atoms in total. The molecule has 214 valence electrons. The fraction of sp³-hybridized carbons (Fsp3) is 0.194. The third-order valence-electron chi connectivity index (χ3n) is 6.47. The van der Waals surface area contributed by atoms with Crippen molar-refractivity contribution in [2.24, 2.45) is 0 Å². The molecule has 0 radical (unpaired) electrons. The second-order valence-electron chi connectivity index (χ2n) is 9.12. The summed E-state index contributed by atoms with van der Waals surface area (Å²) in [6, 6.07) is 26.9. The summed E-state index contributed by atoms with van der Waals surface area (Å²) in [6.07, 6.45) is -10.1. The Morgan fingerprint density at radius 2 is 1.05 bits per heavy atom. The molecule has 0 spiro atoms. The summed E-state index contributed by atoms with van der Waals surface area (Å²) < 4.78 is 90.8. The number of carbonyl (C=O) groups excluding carboxylic acids is 1. The maximum atomic E-state index is 13.4. The number of alkyl halides is 6. The van der Waals surface area contributed by atoms with Crippen LogP contribution in [0, 0.1) is 0 Å². The van der Waals surface area contributed by atoms with Crippen molar-refractivity contribution in [1.29, 1.82) is 0 Å². The van der Waals surface area contributed by atoms with Gasteiger partial charge in [0.05, 0.1) is 23.8 Å². The van der Waals surface area contributed by atoms with Gasteiger partial charge >= 0.3 is 18.3 Å². The number of carbonyl (C=O) groups is 1. The number of methoxy groups -OCH3 is 1. The van der Waals surface area contributed by atoms with E-state index < -0.39 is 53.4 Å². The molecule has 0 saturated carbocycles. The Hall–Kier alpha value is -4.31. The number of hydrogen-bond donors (Lipinski definition) is 1. The van der Waals surface area contributed by atoms with Gasteiger partial charge in [-0.15, -0.1) is 0 Å². The first-order chi connectivity index (χ1) is 19.4. The van der Waals surface area contributed by atoms with Gasteiger partial charge in [0.1, 0.15) is 18.4 Å². The molecule has 0 fully saturated rings. The topological polar surface area (TPSA) is 47.6 Å². The Kier molecular flexibility index (Phi) is 8.72. The summed E-state index contributed by atoms with van der Waals surface area (Å²) in [6.45, 7) is -0.639. The third kappa shape index (κ3) is 6.71. The molecule has 0 unspecified atom stereocenters. The molecule has 0 bridgehead atoms. The van der Waals surface area contributed by atoms with Crippen molar-refractivity contribution in [3.63, 3.8) is 0 Å². The van der Waals surface area contributed by atoms with E-state index in [2.05, 4.69) is 5.32 Å². The Labute approximate surface area is 232 Å². The first kappa shape index (κ1) is 29.7. The summed E-state index contributed by atoms with van der Waals surface area (Å²) in [5.74, 6) is -1.53. The highest BCUT2D eigenvalue weighted by Crippen LogP contribution is 2.39. The Morgan fingerprint density at radius 1 is 0.659 bits per heavy atom. The zero-order valence-electron chi connectivity index (χ0n) is 21.7. The van der Waals surface area contributed by atoms with Crippen LogP contribution in [-0.4, -0.2) is 25.7 Å². The zero-order chi connectivity index (χ0) is 29.7. The molecular formula is C31H25F6NO3. The average Bonchev–Trinajstić information content (AvgIpc) is 2.97. The van der Waals surface area contributed by atoms with Crippen LogP contribution in [0.15, 0.2) is 109 Å². The smallest absolute Gasteiger partial charge is 0.416 e. The number of rotatable bonds is 9. The van der Waals surface area contributed by atoms with Crippen molar-refractivity contribution in [3.8, 4) is 5.75 Å². The van der Waals surface area contributed by atoms with Crippen LogP contribution in [-0.2, 0) is 27.4 Å². The number of halogens is 6. The lowest BCUT2D eigenvalue weighted by atomic mass is 9.76. The molecule has 0 aliphatic heterocycles. The Balaban J connectivity index is 1.80. The summed E-state index contributed by atoms with van der Waals surface area (Å²) in [4.78, 5) is 13.0. The van der Waals surface area contributed by atoms with Gasteiger partial charge in [-0.3, -0.25) is 10.1 Å². The molecule has 4 rings (SSSR count). The van der Waals surface area contributed by atoms with Crippen LogP contribution in [0.3, 0.4) is 0 Å². The molecule has 0 aliphatic rings. The van der Waals surface area contributed by atoms with Crippen molar-refractivity contribution in [2.75, 3.05) is 13.7 Å². The number of ether oxygens (including phenoxy) is 2. The third-order valence-corrected chi connectivity index (χ3v) is 6.47. The monoisotopic (exact) mass is 573 g/mol. The van der Waals surface area contributed by atoms with Crippen LogP contribution in [0.4, 0.5) is 26.3 Å². The molecule has 0 aliphatic carbocycles. The van der Waals surface area contributed by atoms with Crippen LogP contribution in [0.2, 0.25) is 0 Å². The van der Waals surface area contributed by atoms with Crippen molar-refractivity contribution < 1.29 is 40.6 Å². The van der Waals surface area contributed by atoms with Crippen LogP contribution in [0.25, 0.3) is 0 Å². The first-order valence-electron chi connectivity index (χ1n) is 12.4. The first-order valence-corrected chi connectivity index (χ1v) is 12.4. The molecule has 0 saturated heterocycles. The van der Waals surface area contributed by atoms with Gasteiger partial charge in [0.2, 0.25) is 0 Å². The Bertz CT molecular complexity index is 1310. The van der Waals surface area contributed by atoms with Crippen molar-refractivity contribution >= 4 is 5.97 Å². The summed E-state index contributed by atoms with van der Waals surface area (Å²) in [7, 11) is 1.12. The summed E-state index contributed by atoms with van der Waals surface area (Å²) in [5.41, 5.74) is -2.12. The minimum absolute atomic E-state index is 0.00807. The van der Waals surface area contributed by atoms with Crippen molar-refractivity contribution in [3.05, 3.63) is 137 Å². The van der Waals surface area contributed by atoms with Crippen LogP contribution in [0.1, 0.15) is 27.8 Å². The van der Waals surface area contributed by atoms with Gasteiger partial charge < -0.3 is 9.47 Å². The van der Waals surface area contributed by atoms with Crippen LogP contribution in [0.5, 0.6) is 5.75 Å². The summed E-state index contributed by atoms with van der Waals surface area (Å²) in [5, 5.41) is 3.28. The normalized spacial score (nSPS) is 13.0. The molecular weight excluding hydrogens is 548 g/mol. The zero-order valence-corrected chi connectivity index (χ0v) is 21.7. The van der Waals surface area contributed by atoms with E-state index in [9.17, 15) is 31.1 Å². The van der Waals surface area contributed by atoms with Gasteiger partial charge in [-0.2, -0.15) is 26.3 Å². The molecule has 4 aromatic carbocycles. The van der Waals surface area contributed by atoms with Gasteiger partial charge in [-0.1, -0.05) is 91.0 Å². The molecule has 41 heavy (non-hydrogen) atoms. The summed E-state index contributed by atoms with van der Waals surface area (Å²) >= 11 is 0. The number of esters is 1. The molecule has 4 aromatic rings. The number of nitrogens with one attached hydrogen (secondary N) is 1. The molecule has 0 amide bonds. The van der Waals surface area contributed by atoms with Crippen molar-refractivity contribution in [2.45, 2.75) is 23.9 Å². The predicted molar refractivity (Wildman–Crippen MR) is 140 cm³/mol. The van der Waals surface area contributed by atoms with E-state index >= 15 is 0 Å². The van der Waals surface area contributed by atoms with Gasteiger partial charge in [-0.25, -0.2) is 0 Å². The lowest BCUT2D eigenvalue weighted by Gasteiger charge is -2.39. The van der Waals surface area contributed by atoms with E-state index in [0.29, 0.717) is 28.8 Å². The van der Waals surface area contributed by atoms with E-state index in [4.69, 9.17) is 9.47 Å². The highest BCUT2D eigenvalue weighted by molar-refractivity contribution is 5.76. The fourth-order valence-electron chi connectivity index (χ4n) is 4.58. The predicted octanol–water partition coefficient (Wildman–Crippen LogP) is 7.23. The van der Waals surface area contributed by atoms with Gasteiger partial charge in [0, 0.05) is 0 Å². The molecule has 1 atom stereocenters. The highest BCUT2D eigenvalue weighted by Gasteiger charge is 2.41. The van der Waals surface area contributed by atoms with Gasteiger partial charge in [-0.05, 0) is 34.9 Å². The average molecular weight is 574 g/mol. The standard InChI is InChI=1S/C31H25F6NO3/c1-40-28(39)27(20-41-26-18-24(30(32,33)34)17-25(19-26)31(35,36)37)38-29(21-11-5-2-6-12-21,22-13-7-3-8-14-22)23-15-9-4-10-16-23/h2-19,27,38H,20H2,1H3/t27-/m1/s1. The van der Waals surface area contributed by atoms with E-state index in [0.717, 1.165) is 7.11 Å². The highest BCUT2D eigenvalue weighted by atomic mass is 19.4. The van der Waals surface area contributed by atoms with Gasteiger partial charge in [0.15, 0.2) is 0 Å². The second-order valence-corrected chi connectivity index (χ2v) is 9.12. The minimum Gasteiger partial charge on any atom is -0.491 e. The number of benzene rings is 4. The van der Waals surface area contributed by atoms with E-state index in [-0.39, 0.29) is 6.07 Å². The molecule has 0 aromatic heterocycles. The van der Waals surface area contributed by atoms with Crippen LogP contribution >= 0.6 is 0 Å². The van der Waals surface area contributed by atoms with Gasteiger partial charge in [0.25, 0.3) is 0 Å². The molecule has 1 N–H and O–H groups in total. The lowest BCUT2D eigenvalue weighted by Crippen LogP contribution is -2.55. The van der Waals surface area contributed by atoms with E-state index in [1.807, 2.05) is 91.0 Å². The largest absolute Gasteiger partial charge is 0.491 e. The van der Waals surface area contributed by atoms with Crippen LogP contribution < -0.4 is 10.1 Å². The maximum absolute atomic E-state index is 13.4. The lowest BCUT2D eigenvalue weighted by molar-refractivity contribution is -0.145. The Morgan fingerprint density at radius 3 is 1.39 bits per heavy atom. The maximum Gasteiger partial charge on any atom is 0.416 e. The van der Waals surface area contributed by atoms with E-state index in [1.165, 1.54) is 0 Å². The molecule has 0 heterocycles. The SMILES string of the molecule is COC(=O)[C@@H](COc1cc(C(F)(F)F)cc(C(F)(F)F)c1)NC(c1ccccc1)(c1ccccc1)c1ccccc1. The molecule has 10 heteroatoms. The number of hydrogen-bond acceptors (Lipinski definition) is 4. The minimum atomic E-state index is -5.05. The van der Waals surface area contributed by atoms with E-state index in [1.54, 1.807) is 0 Å². The van der Waals surface area contributed by atoms with Crippen molar-refractivity contribution in [1.82, 2.24) is 5.32 Å². The quantitative estimate of drug-likeness (QED) is 0.130. The fourth-order valence-corrected chi connectivity index (χ4v) is 4.58.